The van der Waals surface area contributed by atoms with Gasteiger partial charge in [-0.3, -0.25) is 4.72 Å². The zero-order valence-corrected chi connectivity index (χ0v) is 14.2. The molecule has 1 heterocycles. The standard InChI is InChI=1S/C13H18BrClN2O2S/c14-10-4-5-13(12(15)9-10)17-20(18,19)8-6-11-3-1-2-7-16-11/h4-5,9,11,16-17H,1-3,6-8H2. The quantitative estimate of drug-likeness (QED) is 0.822. The molecule has 0 bridgehead atoms. The average Bonchev–Trinajstić information content (AvgIpc) is 2.41. The molecule has 4 nitrogen and oxygen atoms in total. The van der Waals surface area contributed by atoms with E-state index >= 15 is 0 Å². The van der Waals surface area contributed by atoms with Gasteiger partial charge in [0.25, 0.3) is 0 Å². The normalized spacial score (nSPS) is 19.8. The minimum atomic E-state index is -3.36. The number of rotatable bonds is 5. The van der Waals surface area contributed by atoms with Crippen LogP contribution in [0.2, 0.25) is 5.02 Å². The van der Waals surface area contributed by atoms with Crippen molar-refractivity contribution in [2.45, 2.75) is 31.7 Å². The molecule has 0 spiro atoms. The topological polar surface area (TPSA) is 58.2 Å². The summed E-state index contributed by atoms with van der Waals surface area (Å²) in [5, 5.41) is 3.74. The van der Waals surface area contributed by atoms with Crippen LogP contribution in [0, 0.1) is 0 Å². The van der Waals surface area contributed by atoms with Gasteiger partial charge in [-0.15, -0.1) is 0 Å². The maximum absolute atomic E-state index is 12.1. The zero-order valence-electron chi connectivity index (χ0n) is 11.0. The molecule has 0 radical (unpaired) electrons. The van der Waals surface area contributed by atoms with Crippen LogP contribution >= 0.6 is 27.5 Å². The van der Waals surface area contributed by atoms with E-state index in [2.05, 4.69) is 26.0 Å². The Hall–Kier alpha value is -0.300. The molecule has 1 atom stereocenters. The first-order chi connectivity index (χ1) is 9.46. The third kappa shape index (κ3) is 4.91. The number of hydrogen-bond acceptors (Lipinski definition) is 3. The lowest BCUT2D eigenvalue weighted by molar-refractivity contribution is 0.393. The highest BCUT2D eigenvalue weighted by molar-refractivity contribution is 9.10. The molecule has 1 unspecified atom stereocenters. The molecule has 1 aliphatic heterocycles. The second-order valence-corrected chi connectivity index (χ2v) is 8.15. The van der Waals surface area contributed by atoms with Crippen LogP contribution in [0.5, 0.6) is 0 Å². The Balaban J connectivity index is 1.93. The maximum atomic E-state index is 12.1. The molecule has 0 aliphatic carbocycles. The van der Waals surface area contributed by atoms with Crippen LogP contribution in [-0.4, -0.2) is 26.8 Å². The van der Waals surface area contributed by atoms with Crippen molar-refractivity contribution in [2.24, 2.45) is 0 Å². The number of nitrogens with one attached hydrogen (secondary N) is 2. The molecule has 2 N–H and O–H groups in total. The highest BCUT2D eigenvalue weighted by Gasteiger charge is 2.18. The fourth-order valence-electron chi connectivity index (χ4n) is 2.26. The molecule has 20 heavy (non-hydrogen) atoms. The smallest absolute Gasteiger partial charge is 0.232 e. The van der Waals surface area contributed by atoms with Gasteiger partial charge in [0.1, 0.15) is 0 Å². The first-order valence-corrected chi connectivity index (χ1v) is 9.47. The number of hydrogen-bond donors (Lipinski definition) is 2. The Morgan fingerprint density at radius 2 is 2.20 bits per heavy atom. The molecule has 1 saturated heterocycles. The second kappa shape index (κ2) is 7.11. The van der Waals surface area contributed by atoms with Crippen LogP contribution in [0.1, 0.15) is 25.7 Å². The molecule has 1 aliphatic rings. The zero-order chi connectivity index (χ0) is 14.6. The molecule has 7 heteroatoms. The molecule has 1 aromatic rings. The van der Waals surface area contributed by atoms with Crippen molar-refractivity contribution in [3.63, 3.8) is 0 Å². The molecular formula is C13H18BrClN2O2S. The third-order valence-corrected chi connectivity index (χ3v) is 5.45. The molecule has 1 fully saturated rings. The highest BCUT2D eigenvalue weighted by Crippen LogP contribution is 2.26. The van der Waals surface area contributed by atoms with E-state index in [0.29, 0.717) is 23.2 Å². The SMILES string of the molecule is O=S(=O)(CCC1CCCCN1)Nc1ccc(Br)cc1Cl. The van der Waals surface area contributed by atoms with E-state index in [1.807, 2.05) is 0 Å². The van der Waals surface area contributed by atoms with Crippen molar-refractivity contribution >= 4 is 43.2 Å². The minimum absolute atomic E-state index is 0.108. The van der Waals surface area contributed by atoms with Gasteiger partial charge in [0.05, 0.1) is 16.5 Å². The molecule has 2 rings (SSSR count). The lowest BCUT2D eigenvalue weighted by Crippen LogP contribution is -2.36. The summed E-state index contributed by atoms with van der Waals surface area (Å²) in [5.41, 5.74) is 0.423. The number of anilines is 1. The van der Waals surface area contributed by atoms with E-state index in [9.17, 15) is 8.42 Å². The van der Waals surface area contributed by atoms with Gasteiger partial charge in [-0.1, -0.05) is 34.0 Å². The monoisotopic (exact) mass is 380 g/mol. The molecule has 0 amide bonds. The predicted octanol–water partition coefficient (Wildman–Crippen LogP) is 3.38. The first-order valence-electron chi connectivity index (χ1n) is 6.65. The Kier molecular flexibility index (Phi) is 5.72. The molecule has 1 aromatic carbocycles. The molecule has 0 saturated carbocycles. The first kappa shape index (κ1) is 16.1. The maximum Gasteiger partial charge on any atom is 0.232 e. The van der Waals surface area contributed by atoms with E-state index in [0.717, 1.165) is 17.4 Å². The summed E-state index contributed by atoms with van der Waals surface area (Å²) in [4.78, 5) is 0. The van der Waals surface area contributed by atoms with Crippen LogP contribution in [0.4, 0.5) is 5.69 Å². The Labute approximate surface area is 133 Å². The van der Waals surface area contributed by atoms with Gasteiger partial charge in [0.2, 0.25) is 10.0 Å². The Morgan fingerprint density at radius 1 is 1.40 bits per heavy atom. The fraction of sp³-hybridized carbons (Fsp3) is 0.538. The van der Waals surface area contributed by atoms with Crippen molar-refractivity contribution in [2.75, 3.05) is 17.0 Å². The summed E-state index contributed by atoms with van der Waals surface area (Å²) in [6.07, 6.45) is 4.03. The van der Waals surface area contributed by atoms with E-state index < -0.39 is 10.0 Å². The van der Waals surface area contributed by atoms with Crippen LogP contribution in [-0.2, 0) is 10.0 Å². The van der Waals surface area contributed by atoms with Crippen LogP contribution in [0.3, 0.4) is 0 Å². The van der Waals surface area contributed by atoms with E-state index in [1.165, 1.54) is 12.8 Å². The van der Waals surface area contributed by atoms with Gasteiger partial charge >= 0.3 is 0 Å². The second-order valence-electron chi connectivity index (χ2n) is 4.98. The fourth-order valence-corrected chi connectivity index (χ4v) is 4.25. The average molecular weight is 382 g/mol. The summed E-state index contributed by atoms with van der Waals surface area (Å²) < 4.78 is 27.5. The van der Waals surface area contributed by atoms with Gasteiger partial charge in [-0.05, 0) is 44.0 Å². The van der Waals surface area contributed by atoms with Gasteiger partial charge < -0.3 is 5.32 Å². The summed E-state index contributed by atoms with van der Waals surface area (Å²) in [5.74, 6) is 0.108. The van der Waals surface area contributed by atoms with Crippen LogP contribution in [0.15, 0.2) is 22.7 Å². The highest BCUT2D eigenvalue weighted by atomic mass is 79.9. The predicted molar refractivity (Wildman–Crippen MR) is 86.8 cm³/mol. The Morgan fingerprint density at radius 3 is 2.85 bits per heavy atom. The summed E-state index contributed by atoms with van der Waals surface area (Å²) >= 11 is 9.30. The van der Waals surface area contributed by atoms with Crippen molar-refractivity contribution in [1.29, 1.82) is 0 Å². The van der Waals surface area contributed by atoms with E-state index in [1.54, 1.807) is 18.2 Å². The van der Waals surface area contributed by atoms with Gasteiger partial charge in [-0.25, -0.2) is 8.42 Å². The molecular weight excluding hydrogens is 364 g/mol. The van der Waals surface area contributed by atoms with Crippen molar-refractivity contribution < 1.29 is 8.42 Å². The number of halogens is 2. The number of benzene rings is 1. The van der Waals surface area contributed by atoms with Crippen LogP contribution in [0.25, 0.3) is 0 Å². The van der Waals surface area contributed by atoms with Gasteiger partial charge in [-0.2, -0.15) is 0 Å². The van der Waals surface area contributed by atoms with E-state index in [4.69, 9.17) is 11.6 Å². The van der Waals surface area contributed by atoms with E-state index in [-0.39, 0.29) is 5.75 Å². The summed E-state index contributed by atoms with van der Waals surface area (Å²) in [6, 6.07) is 5.39. The lowest BCUT2D eigenvalue weighted by atomic mass is 10.0. The summed E-state index contributed by atoms with van der Waals surface area (Å²) in [7, 11) is -3.36. The Bertz CT molecular complexity index is 559. The lowest BCUT2D eigenvalue weighted by Gasteiger charge is -2.23. The number of sulfonamides is 1. The largest absolute Gasteiger partial charge is 0.314 e. The van der Waals surface area contributed by atoms with Crippen molar-refractivity contribution in [3.05, 3.63) is 27.7 Å². The van der Waals surface area contributed by atoms with Crippen LogP contribution < -0.4 is 10.0 Å². The van der Waals surface area contributed by atoms with Gasteiger partial charge in [0.15, 0.2) is 0 Å². The molecule has 112 valence electrons. The minimum Gasteiger partial charge on any atom is -0.314 e. The summed E-state index contributed by atoms with van der Waals surface area (Å²) in [6.45, 7) is 0.983. The van der Waals surface area contributed by atoms with Crippen molar-refractivity contribution in [1.82, 2.24) is 5.32 Å². The van der Waals surface area contributed by atoms with Gasteiger partial charge in [0, 0.05) is 10.5 Å². The number of piperidine rings is 1. The van der Waals surface area contributed by atoms with Crippen molar-refractivity contribution in [3.8, 4) is 0 Å². The molecule has 0 aromatic heterocycles. The third-order valence-electron chi connectivity index (χ3n) is 3.34.